The fourth-order valence-corrected chi connectivity index (χ4v) is 1.98. The molecule has 1 aromatic heterocycles. The van der Waals surface area contributed by atoms with Gasteiger partial charge in [0.1, 0.15) is 0 Å². The van der Waals surface area contributed by atoms with Gasteiger partial charge in [-0.05, 0) is 40.2 Å². The predicted molar refractivity (Wildman–Crippen MR) is 73.1 cm³/mol. The maximum absolute atomic E-state index is 13.6. The van der Waals surface area contributed by atoms with Crippen LogP contribution in [-0.4, -0.2) is 16.1 Å². The Morgan fingerprint density at radius 3 is 2.58 bits per heavy atom. The number of halogens is 3. The van der Waals surface area contributed by atoms with Crippen LogP contribution in [0.15, 0.2) is 39.4 Å². The third kappa shape index (κ3) is 3.30. The molecule has 1 N–H and O–H groups in total. The lowest BCUT2D eigenvalue weighted by molar-refractivity contribution is 0.0687. The van der Waals surface area contributed by atoms with Crippen LogP contribution in [0.4, 0.5) is 4.39 Å². The number of hydrogen-bond donors (Lipinski definition) is 1. The second-order valence-electron chi connectivity index (χ2n) is 3.48. The van der Waals surface area contributed by atoms with Crippen molar-refractivity contribution in [1.82, 2.24) is 4.98 Å². The third-order valence-corrected chi connectivity index (χ3v) is 3.06. The molecule has 7 heteroatoms. The molecule has 0 aliphatic heterocycles. The molecule has 0 fully saturated rings. The first-order chi connectivity index (χ1) is 8.97. The number of benzene rings is 1. The Morgan fingerprint density at radius 2 is 1.89 bits per heavy atom. The van der Waals surface area contributed by atoms with Crippen LogP contribution in [0.2, 0.25) is 0 Å². The van der Waals surface area contributed by atoms with Gasteiger partial charge in [-0.3, -0.25) is 0 Å². The summed E-state index contributed by atoms with van der Waals surface area (Å²) in [6.07, 6.45) is 1.33. The van der Waals surface area contributed by atoms with Crippen molar-refractivity contribution in [2.45, 2.75) is 0 Å². The summed E-state index contributed by atoms with van der Waals surface area (Å²) >= 11 is 6.34. The molecular weight excluding hydrogens is 385 g/mol. The van der Waals surface area contributed by atoms with Gasteiger partial charge in [0.15, 0.2) is 23.0 Å². The van der Waals surface area contributed by atoms with Crippen molar-refractivity contribution in [3.05, 3.63) is 50.9 Å². The summed E-state index contributed by atoms with van der Waals surface area (Å²) in [6.45, 7) is 0. The fraction of sp³-hybridized carbons (Fsp3) is 0. The molecule has 0 aliphatic rings. The maximum Gasteiger partial charge on any atom is 0.358 e. The van der Waals surface area contributed by atoms with Crippen LogP contribution in [0.3, 0.4) is 0 Å². The second-order valence-corrected chi connectivity index (χ2v) is 5.31. The molecule has 0 unspecified atom stereocenters. The zero-order chi connectivity index (χ0) is 14.0. The van der Waals surface area contributed by atoms with E-state index >= 15 is 0 Å². The van der Waals surface area contributed by atoms with E-state index in [-0.39, 0.29) is 17.2 Å². The van der Waals surface area contributed by atoms with Gasteiger partial charge >= 0.3 is 5.97 Å². The van der Waals surface area contributed by atoms with E-state index in [1.54, 1.807) is 0 Å². The zero-order valence-corrected chi connectivity index (χ0v) is 12.4. The first-order valence-corrected chi connectivity index (χ1v) is 6.57. The molecule has 0 saturated heterocycles. The number of aromatic carboxylic acids is 1. The van der Waals surface area contributed by atoms with E-state index < -0.39 is 11.8 Å². The number of rotatable bonds is 3. The molecule has 0 bridgehead atoms. The van der Waals surface area contributed by atoms with E-state index in [0.717, 1.165) is 0 Å². The van der Waals surface area contributed by atoms with Gasteiger partial charge in [0.05, 0.1) is 0 Å². The van der Waals surface area contributed by atoms with Gasteiger partial charge in [0.25, 0.3) is 0 Å². The Hall–Kier alpha value is -1.47. The van der Waals surface area contributed by atoms with Crippen molar-refractivity contribution >= 4 is 37.8 Å². The summed E-state index contributed by atoms with van der Waals surface area (Å²) in [5.74, 6) is -1.98. The molecular formula is C12H6Br2FNO3. The van der Waals surface area contributed by atoms with Gasteiger partial charge < -0.3 is 9.84 Å². The SMILES string of the molecule is O=C(O)c1ncc(Br)cc1Oc1cc(Br)ccc1F. The summed E-state index contributed by atoms with van der Waals surface area (Å²) in [4.78, 5) is 14.7. The van der Waals surface area contributed by atoms with Gasteiger partial charge in [0, 0.05) is 15.1 Å². The highest BCUT2D eigenvalue weighted by molar-refractivity contribution is 9.10. The highest BCUT2D eigenvalue weighted by Crippen LogP contribution is 2.30. The highest BCUT2D eigenvalue weighted by Gasteiger charge is 2.16. The number of hydrogen-bond acceptors (Lipinski definition) is 3. The summed E-state index contributed by atoms with van der Waals surface area (Å²) in [5, 5.41) is 9.00. The van der Waals surface area contributed by atoms with Crippen LogP contribution in [0.5, 0.6) is 11.5 Å². The van der Waals surface area contributed by atoms with Gasteiger partial charge in [-0.1, -0.05) is 15.9 Å². The Labute approximate surface area is 124 Å². The highest BCUT2D eigenvalue weighted by atomic mass is 79.9. The first-order valence-electron chi connectivity index (χ1n) is 4.99. The van der Waals surface area contributed by atoms with Crippen molar-refractivity contribution in [3.8, 4) is 11.5 Å². The van der Waals surface area contributed by atoms with Crippen LogP contribution in [0, 0.1) is 5.82 Å². The zero-order valence-electron chi connectivity index (χ0n) is 9.23. The third-order valence-electron chi connectivity index (χ3n) is 2.14. The monoisotopic (exact) mass is 389 g/mol. The molecule has 2 rings (SSSR count). The van der Waals surface area contributed by atoms with Crippen LogP contribution in [0.1, 0.15) is 10.5 Å². The molecule has 2 aromatic rings. The Bertz CT molecular complexity index is 649. The van der Waals surface area contributed by atoms with E-state index in [0.29, 0.717) is 8.95 Å². The van der Waals surface area contributed by atoms with E-state index in [2.05, 4.69) is 36.8 Å². The molecule has 0 saturated carbocycles. The molecule has 98 valence electrons. The molecule has 0 aliphatic carbocycles. The van der Waals surface area contributed by atoms with Crippen LogP contribution >= 0.6 is 31.9 Å². The fourth-order valence-electron chi connectivity index (χ4n) is 1.33. The average Bonchev–Trinajstić information content (AvgIpc) is 2.33. The quantitative estimate of drug-likeness (QED) is 0.851. The van der Waals surface area contributed by atoms with Crippen LogP contribution in [-0.2, 0) is 0 Å². The van der Waals surface area contributed by atoms with E-state index in [1.165, 1.54) is 30.5 Å². The van der Waals surface area contributed by atoms with Crippen LogP contribution < -0.4 is 4.74 Å². The van der Waals surface area contributed by atoms with Crippen molar-refractivity contribution in [2.24, 2.45) is 0 Å². The number of nitrogens with zero attached hydrogens (tertiary/aromatic N) is 1. The van der Waals surface area contributed by atoms with Crippen molar-refractivity contribution < 1.29 is 19.0 Å². The lowest BCUT2D eigenvalue weighted by Gasteiger charge is -2.09. The summed E-state index contributed by atoms with van der Waals surface area (Å²) in [7, 11) is 0. The van der Waals surface area contributed by atoms with Crippen molar-refractivity contribution in [3.63, 3.8) is 0 Å². The van der Waals surface area contributed by atoms with Gasteiger partial charge in [0.2, 0.25) is 0 Å². The number of carboxylic acid groups (broad SMARTS) is 1. The molecule has 1 aromatic carbocycles. The van der Waals surface area contributed by atoms with Crippen molar-refractivity contribution in [2.75, 3.05) is 0 Å². The molecule has 0 radical (unpaired) electrons. The smallest absolute Gasteiger partial charge is 0.358 e. The van der Waals surface area contributed by atoms with E-state index in [1.807, 2.05) is 0 Å². The molecule has 0 amide bonds. The van der Waals surface area contributed by atoms with Gasteiger partial charge in [-0.15, -0.1) is 0 Å². The van der Waals surface area contributed by atoms with Crippen LogP contribution in [0.25, 0.3) is 0 Å². The first kappa shape index (κ1) is 14.0. The van der Waals surface area contributed by atoms with Gasteiger partial charge in [-0.25, -0.2) is 14.2 Å². The Kier molecular flexibility index (Phi) is 4.16. The average molecular weight is 391 g/mol. The number of pyridine rings is 1. The maximum atomic E-state index is 13.6. The summed E-state index contributed by atoms with van der Waals surface area (Å²) in [5.41, 5.74) is -0.289. The van der Waals surface area contributed by atoms with Crippen molar-refractivity contribution in [1.29, 1.82) is 0 Å². The number of ether oxygens (including phenoxy) is 1. The summed E-state index contributed by atoms with van der Waals surface area (Å²) in [6, 6.07) is 5.55. The minimum atomic E-state index is -1.25. The topological polar surface area (TPSA) is 59.4 Å². The molecule has 4 nitrogen and oxygen atoms in total. The molecule has 1 heterocycles. The minimum absolute atomic E-state index is 0.0427. The normalized spacial score (nSPS) is 10.3. The lowest BCUT2D eigenvalue weighted by atomic mass is 10.3. The predicted octanol–water partition coefficient (Wildman–Crippen LogP) is 4.24. The number of carboxylic acids is 1. The standard InChI is InChI=1S/C12H6Br2FNO3/c13-6-1-2-8(15)9(3-6)19-10-4-7(14)5-16-11(10)12(17)18/h1-5H,(H,17,18). The molecule has 0 atom stereocenters. The second kappa shape index (κ2) is 5.66. The van der Waals surface area contributed by atoms with Gasteiger partial charge in [-0.2, -0.15) is 0 Å². The Morgan fingerprint density at radius 1 is 1.21 bits per heavy atom. The Balaban J connectivity index is 2.45. The van der Waals surface area contributed by atoms with E-state index in [9.17, 15) is 9.18 Å². The number of carbonyl (C=O) groups is 1. The lowest BCUT2D eigenvalue weighted by Crippen LogP contribution is -2.03. The molecule has 19 heavy (non-hydrogen) atoms. The summed E-state index contributed by atoms with van der Waals surface area (Å²) < 4.78 is 20.0. The number of aromatic nitrogens is 1. The van der Waals surface area contributed by atoms with E-state index in [4.69, 9.17) is 9.84 Å². The largest absolute Gasteiger partial charge is 0.476 e. The molecule has 0 spiro atoms. The minimum Gasteiger partial charge on any atom is -0.476 e.